The van der Waals surface area contributed by atoms with E-state index >= 15 is 0 Å². The molecule has 0 heterocycles. The third-order valence-electron chi connectivity index (χ3n) is 3.18. The van der Waals surface area contributed by atoms with E-state index in [9.17, 15) is 8.42 Å². The lowest BCUT2D eigenvalue weighted by atomic mass is 10.2. The van der Waals surface area contributed by atoms with Crippen molar-refractivity contribution in [2.24, 2.45) is 10.1 Å². The van der Waals surface area contributed by atoms with Crippen LogP contribution in [0.25, 0.3) is 0 Å². The van der Waals surface area contributed by atoms with Crippen molar-refractivity contribution in [2.45, 2.75) is 24.3 Å². The predicted octanol–water partition coefficient (Wildman–Crippen LogP) is 1.31. The van der Waals surface area contributed by atoms with E-state index in [1.165, 1.54) is 12.1 Å². The van der Waals surface area contributed by atoms with Gasteiger partial charge < -0.3 is 10.2 Å². The van der Waals surface area contributed by atoms with Crippen LogP contribution in [-0.4, -0.2) is 39.9 Å². The summed E-state index contributed by atoms with van der Waals surface area (Å²) in [5.74, 6) is 0.791. The second-order valence-electron chi connectivity index (χ2n) is 4.94. The number of nitrogens with one attached hydrogen (secondary N) is 1. The van der Waals surface area contributed by atoms with Gasteiger partial charge in [-0.05, 0) is 30.5 Å². The maximum Gasteiger partial charge on any atom is 0.238 e. The van der Waals surface area contributed by atoms with Gasteiger partial charge in [0.05, 0.1) is 4.90 Å². The zero-order valence-corrected chi connectivity index (χ0v) is 13.9. The SMILES string of the molecule is C=CCCCN(C)C(=NC)NCc1ccc(S(N)(=O)=O)cc1. The lowest BCUT2D eigenvalue weighted by molar-refractivity contribution is 0.470. The molecule has 0 aromatic heterocycles. The van der Waals surface area contributed by atoms with Crippen LogP contribution in [0.1, 0.15) is 18.4 Å². The molecule has 0 saturated carbocycles. The molecule has 0 fully saturated rings. The van der Waals surface area contributed by atoms with Crippen LogP contribution in [0.2, 0.25) is 0 Å². The molecule has 0 aliphatic rings. The molecule has 0 atom stereocenters. The lowest BCUT2D eigenvalue weighted by Crippen LogP contribution is -2.38. The number of benzene rings is 1. The van der Waals surface area contributed by atoms with Gasteiger partial charge in [-0.3, -0.25) is 4.99 Å². The average molecular weight is 324 g/mol. The summed E-state index contributed by atoms with van der Waals surface area (Å²) in [4.78, 5) is 6.39. The van der Waals surface area contributed by atoms with Gasteiger partial charge in [0.2, 0.25) is 10.0 Å². The second kappa shape index (κ2) is 8.55. The number of sulfonamides is 1. The van der Waals surface area contributed by atoms with Gasteiger partial charge in [0.15, 0.2) is 5.96 Å². The van der Waals surface area contributed by atoms with E-state index < -0.39 is 10.0 Å². The van der Waals surface area contributed by atoms with Crippen molar-refractivity contribution in [1.82, 2.24) is 10.2 Å². The van der Waals surface area contributed by atoms with Crippen molar-refractivity contribution >= 4 is 16.0 Å². The van der Waals surface area contributed by atoms with Crippen LogP contribution in [0.15, 0.2) is 46.8 Å². The summed E-state index contributed by atoms with van der Waals surface area (Å²) >= 11 is 0. The van der Waals surface area contributed by atoms with E-state index in [1.54, 1.807) is 19.2 Å². The molecule has 0 radical (unpaired) electrons. The van der Waals surface area contributed by atoms with Crippen LogP contribution in [-0.2, 0) is 16.6 Å². The van der Waals surface area contributed by atoms with Gasteiger partial charge in [-0.15, -0.1) is 6.58 Å². The monoisotopic (exact) mass is 324 g/mol. The highest BCUT2D eigenvalue weighted by Crippen LogP contribution is 2.08. The van der Waals surface area contributed by atoms with Crippen LogP contribution in [0, 0.1) is 0 Å². The van der Waals surface area contributed by atoms with E-state index in [0.29, 0.717) is 6.54 Å². The molecule has 1 rings (SSSR count). The number of primary sulfonamides is 1. The first-order chi connectivity index (χ1) is 10.4. The van der Waals surface area contributed by atoms with E-state index in [0.717, 1.165) is 30.9 Å². The van der Waals surface area contributed by atoms with E-state index in [2.05, 4.69) is 16.9 Å². The zero-order chi connectivity index (χ0) is 16.6. The fourth-order valence-corrected chi connectivity index (χ4v) is 2.46. The minimum absolute atomic E-state index is 0.113. The summed E-state index contributed by atoms with van der Waals surface area (Å²) in [7, 11) is 0.0651. The largest absolute Gasteiger partial charge is 0.352 e. The van der Waals surface area contributed by atoms with Crippen LogP contribution in [0.5, 0.6) is 0 Å². The van der Waals surface area contributed by atoms with Crippen molar-refractivity contribution in [2.75, 3.05) is 20.6 Å². The highest BCUT2D eigenvalue weighted by Gasteiger charge is 2.08. The van der Waals surface area contributed by atoms with Gasteiger partial charge in [-0.2, -0.15) is 0 Å². The standard InChI is InChI=1S/C15H24N4O2S/c1-4-5-6-11-19(3)15(17-2)18-12-13-7-9-14(10-8-13)22(16,20)21/h4,7-10H,1,5-6,11-12H2,2-3H3,(H,17,18)(H2,16,20,21). The molecule has 0 aliphatic heterocycles. The number of guanidine groups is 1. The molecule has 7 heteroatoms. The Balaban J connectivity index is 2.58. The first-order valence-electron chi connectivity index (χ1n) is 7.03. The van der Waals surface area contributed by atoms with Crippen LogP contribution in [0.3, 0.4) is 0 Å². The number of nitrogens with zero attached hydrogens (tertiary/aromatic N) is 2. The summed E-state index contributed by atoms with van der Waals surface area (Å²) in [5, 5.41) is 8.31. The maximum atomic E-state index is 11.2. The fraction of sp³-hybridized carbons (Fsp3) is 0.400. The van der Waals surface area contributed by atoms with Crippen molar-refractivity contribution in [3.8, 4) is 0 Å². The molecular weight excluding hydrogens is 300 g/mol. The summed E-state index contributed by atoms with van der Waals surface area (Å²) in [6.07, 6.45) is 3.89. The molecular formula is C15H24N4O2S. The van der Waals surface area contributed by atoms with Gasteiger partial charge in [0.1, 0.15) is 0 Å². The lowest BCUT2D eigenvalue weighted by Gasteiger charge is -2.21. The van der Waals surface area contributed by atoms with Gasteiger partial charge in [-0.25, -0.2) is 13.6 Å². The molecule has 122 valence electrons. The smallest absolute Gasteiger partial charge is 0.238 e. The fourth-order valence-electron chi connectivity index (χ4n) is 1.94. The first-order valence-corrected chi connectivity index (χ1v) is 8.57. The number of hydrogen-bond acceptors (Lipinski definition) is 3. The van der Waals surface area contributed by atoms with Crippen molar-refractivity contribution in [3.63, 3.8) is 0 Å². The Bertz CT molecular complexity index is 609. The van der Waals surface area contributed by atoms with Gasteiger partial charge in [-0.1, -0.05) is 18.2 Å². The van der Waals surface area contributed by atoms with Gasteiger partial charge in [0.25, 0.3) is 0 Å². The van der Waals surface area contributed by atoms with E-state index in [1.807, 2.05) is 18.0 Å². The predicted molar refractivity (Wildman–Crippen MR) is 90.1 cm³/mol. The highest BCUT2D eigenvalue weighted by molar-refractivity contribution is 7.89. The molecule has 0 saturated heterocycles. The Morgan fingerprint density at radius 2 is 2.05 bits per heavy atom. The Hall–Kier alpha value is -1.86. The first kappa shape index (κ1) is 18.2. The summed E-state index contributed by atoms with van der Waals surface area (Å²) in [5.41, 5.74) is 0.952. The number of allylic oxidation sites excluding steroid dienone is 1. The minimum Gasteiger partial charge on any atom is -0.352 e. The molecule has 0 bridgehead atoms. The molecule has 1 aromatic carbocycles. The number of unbranched alkanes of at least 4 members (excludes halogenated alkanes) is 1. The normalized spacial score (nSPS) is 12.0. The molecule has 6 nitrogen and oxygen atoms in total. The molecule has 0 aliphatic carbocycles. The third-order valence-corrected chi connectivity index (χ3v) is 4.11. The Morgan fingerprint density at radius 1 is 1.41 bits per heavy atom. The number of hydrogen-bond donors (Lipinski definition) is 2. The van der Waals surface area contributed by atoms with Gasteiger partial charge >= 0.3 is 0 Å². The second-order valence-corrected chi connectivity index (χ2v) is 6.50. The van der Waals surface area contributed by atoms with E-state index in [4.69, 9.17) is 5.14 Å². The van der Waals surface area contributed by atoms with Crippen molar-refractivity contribution in [1.29, 1.82) is 0 Å². The Labute approximate surface area is 132 Å². The Morgan fingerprint density at radius 3 is 2.55 bits per heavy atom. The maximum absolute atomic E-state index is 11.2. The third kappa shape index (κ3) is 5.87. The van der Waals surface area contributed by atoms with Crippen molar-refractivity contribution < 1.29 is 8.42 Å². The van der Waals surface area contributed by atoms with Crippen molar-refractivity contribution in [3.05, 3.63) is 42.5 Å². The van der Waals surface area contributed by atoms with E-state index in [-0.39, 0.29) is 4.90 Å². The van der Waals surface area contributed by atoms with Crippen LogP contribution >= 0.6 is 0 Å². The number of nitrogens with two attached hydrogens (primary N) is 1. The topological polar surface area (TPSA) is 87.8 Å². The molecule has 22 heavy (non-hydrogen) atoms. The average Bonchev–Trinajstić information content (AvgIpc) is 2.47. The summed E-state index contributed by atoms with van der Waals surface area (Å²) in [6, 6.07) is 6.47. The molecule has 3 N–H and O–H groups in total. The molecule has 0 amide bonds. The van der Waals surface area contributed by atoms with Gasteiger partial charge in [0, 0.05) is 27.2 Å². The quantitative estimate of drug-likeness (QED) is 0.342. The minimum atomic E-state index is -3.64. The van der Waals surface area contributed by atoms with Crippen LogP contribution < -0.4 is 10.5 Å². The highest BCUT2D eigenvalue weighted by atomic mass is 32.2. The summed E-state index contributed by atoms with van der Waals surface area (Å²) in [6.45, 7) is 5.15. The molecule has 0 spiro atoms. The van der Waals surface area contributed by atoms with Crippen LogP contribution in [0.4, 0.5) is 0 Å². The Kier molecular flexibility index (Phi) is 7.07. The zero-order valence-electron chi connectivity index (χ0n) is 13.1. The molecule has 0 unspecified atom stereocenters. The summed E-state index contributed by atoms with van der Waals surface area (Å²) < 4.78 is 22.4. The number of rotatable bonds is 7. The number of aliphatic imine (C=N–C) groups is 1. The molecule has 1 aromatic rings.